The van der Waals surface area contributed by atoms with Crippen LogP contribution in [0.1, 0.15) is 39.8 Å². The van der Waals surface area contributed by atoms with Crippen LogP contribution >= 0.6 is 0 Å². The van der Waals surface area contributed by atoms with Crippen LogP contribution in [0.3, 0.4) is 0 Å². The number of aryl methyl sites for hydroxylation is 1. The van der Waals surface area contributed by atoms with E-state index in [0.29, 0.717) is 18.2 Å². The summed E-state index contributed by atoms with van der Waals surface area (Å²) in [5.74, 6) is 0.106. The molecule has 1 aromatic heterocycles. The van der Waals surface area contributed by atoms with E-state index in [1.54, 1.807) is 6.92 Å². The first-order valence-corrected chi connectivity index (χ1v) is 6.59. The molecule has 2 rings (SSSR count). The maximum Gasteiger partial charge on any atom is 0.225 e. The second-order valence-electron chi connectivity index (χ2n) is 3.49. The van der Waals surface area contributed by atoms with Crippen molar-refractivity contribution in [3.8, 4) is 0 Å². The van der Waals surface area contributed by atoms with Gasteiger partial charge in [0.05, 0.1) is 18.0 Å². The highest BCUT2D eigenvalue weighted by Gasteiger charge is 2.22. The van der Waals surface area contributed by atoms with Gasteiger partial charge in [-0.2, -0.15) is 0 Å². The Labute approximate surface area is 109 Å². The average Bonchev–Trinajstić information content (AvgIpc) is 2.84. The lowest BCUT2D eigenvalue weighted by atomic mass is 10.3. The Kier molecular flexibility index (Phi) is 8.20. The molecule has 18 heavy (non-hydrogen) atoms. The number of hydrogen-bond acceptors (Lipinski definition) is 4. The van der Waals surface area contributed by atoms with E-state index in [0.717, 1.165) is 13.0 Å². The van der Waals surface area contributed by atoms with Gasteiger partial charge in [0.1, 0.15) is 0 Å². The smallest absolute Gasteiger partial charge is 0.225 e. The van der Waals surface area contributed by atoms with E-state index in [1.165, 1.54) is 6.20 Å². The van der Waals surface area contributed by atoms with Crippen LogP contribution in [0.2, 0.25) is 0 Å². The lowest BCUT2D eigenvalue weighted by molar-refractivity contribution is 0.198. The number of aromatic nitrogens is 2. The Morgan fingerprint density at radius 1 is 1.33 bits per heavy atom. The topological polar surface area (TPSA) is 49.2 Å². The second-order valence-corrected chi connectivity index (χ2v) is 3.49. The average molecular weight is 257 g/mol. The molecule has 2 heterocycles. The van der Waals surface area contributed by atoms with E-state index in [9.17, 15) is 9.50 Å². The quantitative estimate of drug-likeness (QED) is 0.840. The zero-order chi connectivity index (χ0) is 14.1. The van der Waals surface area contributed by atoms with Gasteiger partial charge < -0.3 is 10.0 Å². The van der Waals surface area contributed by atoms with Crippen molar-refractivity contribution < 1.29 is 9.50 Å². The SMILES string of the molecule is CC.CC.Cc1nc(N2CCC(O)C2)ncc1F. The Morgan fingerprint density at radius 3 is 2.39 bits per heavy atom. The van der Waals surface area contributed by atoms with Gasteiger partial charge in [-0.3, -0.25) is 0 Å². The normalized spacial score (nSPS) is 17.5. The summed E-state index contributed by atoms with van der Waals surface area (Å²) in [6, 6.07) is 0. The van der Waals surface area contributed by atoms with Crippen molar-refractivity contribution in [3.63, 3.8) is 0 Å². The molecule has 1 aliphatic rings. The third-order valence-corrected chi connectivity index (χ3v) is 2.35. The largest absolute Gasteiger partial charge is 0.391 e. The number of hydrogen-bond donors (Lipinski definition) is 1. The van der Waals surface area contributed by atoms with Gasteiger partial charge in [0, 0.05) is 13.1 Å². The molecule has 1 aromatic rings. The number of nitrogens with zero attached hydrogens (tertiary/aromatic N) is 3. The summed E-state index contributed by atoms with van der Waals surface area (Å²) in [5.41, 5.74) is 0.344. The molecule has 1 aliphatic heterocycles. The Bertz CT molecular complexity index is 347. The van der Waals surface area contributed by atoms with E-state index in [4.69, 9.17) is 0 Å². The zero-order valence-electron chi connectivity index (χ0n) is 11.9. The van der Waals surface area contributed by atoms with E-state index in [2.05, 4.69) is 9.97 Å². The molecule has 0 amide bonds. The predicted octanol–water partition coefficient (Wildman–Crippen LogP) is 2.55. The Hall–Kier alpha value is -1.23. The number of β-amino-alcohol motifs (C(OH)–C–C–N with tert-alkyl or cyclic N) is 1. The van der Waals surface area contributed by atoms with Gasteiger partial charge in [0.25, 0.3) is 0 Å². The number of rotatable bonds is 1. The molecule has 5 heteroatoms. The van der Waals surface area contributed by atoms with Crippen LogP contribution in [0, 0.1) is 12.7 Å². The molecule has 0 spiro atoms. The fourth-order valence-corrected chi connectivity index (χ4v) is 1.52. The van der Waals surface area contributed by atoms with E-state index in [-0.39, 0.29) is 6.10 Å². The second kappa shape index (κ2) is 8.80. The molecule has 0 aromatic carbocycles. The van der Waals surface area contributed by atoms with Gasteiger partial charge in [-0.1, -0.05) is 27.7 Å². The van der Waals surface area contributed by atoms with Crippen LogP contribution in [0.4, 0.5) is 10.3 Å². The molecule has 4 nitrogen and oxygen atoms in total. The monoisotopic (exact) mass is 257 g/mol. The van der Waals surface area contributed by atoms with Crippen molar-refractivity contribution >= 4 is 5.95 Å². The Balaban J connectivity index is 0.000000659. The van der Waals surface area contributed by atoms with Gasteiger partial charge >= 0.3 is 0 Å². The number of halogens is 1. The maximum absolute atomic E-state index is 12.9. The summed E-state index contributed by atoms with van der Waals surface area (Å²) >= 11 is 0. The highest BCUT2D eigenvalue weighted by atomic mass is 19.1. The van der Waals surface area contributed by atoms with Crippen LogP contribution in [0.25, 0.3) is 0 Å². The molecule has 104 valence electrons. The summed E-state index contributed by atoms with van der Waals surface area (Å²) in [4.78, 5) is 9.76. The van der Waals surface area contributed by atoms with Crippen LogP contribution in [0.15, 0.2) is 6.20 Å². The van der Waals surface area contributed by atoms with Crippen molar-refractivity contribution in [2.45, 2.75) is 47.1 Å². The van der Waals surface area contributed by atoms with Gasteiger partial charge in [0.2, 0.25) is 5.95 Å². The minimum atomic E-state index is -0.395. The first-order chi connectivity index (χ1) is 8.66. The van der Waals surface area contributed by atoms with Crippen LogP contribution in [-0.2, 0) is 0 Å². The minimum absolute atomic E-state index is 0.316. The molecule has 0 aliphatic carbocycles. The first kappa shape index (κ1) is 16.8. The maximum atomic E-state index is 12.9. The van der Waals surface area contributed by atoms with Crippen molar-refractivity contribution in [1.82, 2.24) is 9.97 Å². The predicted molar refractivity (Wildman–Crippen MR) is 72.3 cm³/mol. The third-order valence-electron chi connectivity index (χ3n) is 2.35. The van der Waals surface area contributed by atoms with Gasteiger partial charge in [-0.15, -0.1) is 0 Å². The number of aliphatic hydroxyl groups excluding tert-OH is 1. The fraction of sp³-hybridized carbons (Fsp3) is 0.692. The van der Waals surface area contributed by atoms with Gasteiger partial charge in [0.15, 0.2) is 5.82 Å². The van der Waals surface area contributed by atoms with Crippen LogP contribution in [0.5, 0.6) is 0 Å². The lowest BCUT2D eigenvalue weighted by Gasteiger charge is -2.15. The molecule has 0 bridgehead atoms. The highest BCUT2D eigenvalue weighted by Crippen LogP contribution is 2.16. The first-order valence-electron chi connectivity index (χ1n) is 6.59. The summed E-state index contributed by atoms with van der Waals surface area (Å²) in [6.45, 7) is 10.9. The third kappa shape index (κ3) is 4.56. The molecule has 1 atom stereocenters. The van der Waals surface area contributed by atoms with Crippen molar-refractivity contribution in [2.75, 3.05) is 18.0 Å². The fourth-order valence-electron chi connectivity index (χ4n) is 1.52. The molecule has 1 fully saturated rings. The Morgan fingerprint density at radius 2 is 1.94 bits per heavy atom. The van der Waals surface area contributed by atoms with E-state index in [1.807, 2.05) is 32.6 Å². The number of aliphatic hydroxyl groups is 1. The molecule has 1 N–H and O–H groups in total. The summed E-state index contributed by atoms with van der Waals surface area (Å²) in [7, 11) is 0. The standard InChI is InChI=1S/C9H12FN3O.2C2H6/c1-6-8(10)4-11-9(12-6)13-3-2-7(14)5-13;2*1-2/h4,7,14H,2-3,5H2,1H3;2*1-2H3. The molecule has 0 radical (unpaired) electrons. The molecular weight excluding hydrogens is 233 g/mol. The molecule has 0 saturated carbocycles. The minimum Gasteiger partial charge on any atom is -0.391 e. The zero-order valence-corrected chi connectivity index (χ0v) is 11.9. The number of anilines is 1. The lowest BCUT2D eigenvalue weighted by Crippen LogP contribution is -2.23. The highest BCUT2D eigenvalue weighted by molar-refractivity contribution is 5.32. The van der Waals surface area contributed by atoms with Crippen molar-refractivity contribution in [2.24, 2.45) is 0 Å². The van der Waals surface area contributed by atoms with E-state index < -0.39 is 5.82 Å². The van der Waals surface area contributed by atoms with Gasteiger partial charge in [-0.25, -0.2) is 14.4 Å². The van der Waals surface area contributed by atoms with Crippen LogP contribution < -0.4 is 4.90 Å². The molecular formula is C13H24FN3O. The summed E-state index contributed by atoms with van der Waals surface area (Å²) in [5, 5.41) is 9.31. The molecule has 1 saturated heterocycles. The summed E-state index contributed by atoms with van der Waals surface area (Å²) in [6.07, 6.45) is 1.58. The van der Waals surface area contributed by atoms with E-state index >= 15 is 0 Å². The van der Waals surface area contributed by atoms with Crippen LogP contribution in [-0.4, -0.2) is 34.3 Å². The van der Waals surface area contributed by atoms with Crippen molar-refractivity contribution in [1.29, 1.82) is 0 Å². The van der Waals surface area contributed by atoms with Gasteiger partial charge in [-0.05, 0) is 13.3 Å². The van der Waals surface area contributed by atoms with Crippen molar-refractivity contribution in [3.05, 3.63) is 17.7 Å². The molecule has 1 unspecified atom stereocenters. The summed E-state index contributed by atoms with van der Waals surface area (Å²) < 4.78 is 12.9.